The zero-order chi connectivity index (χ0) is 23.2. The summed E-state index contributed by atoms with van der Waals surface area (Å²) in [5.41, 5.74) is 4.42. The molecule has 2 aliphatic carbocycles. The summed E-state index contributed by atoms with van der Waals surface area (Å²) in [4.78, 5) is 27.1. The second kappa shape index (κ2) is 8.93. The number of nitrogens with one attached hydrogen (secondary N) is 1. The van der Waals surface area contributed by atoms with Crippen molar-refractivity contribution in [1.29, 1.82) is 0 Å². The van der Waals surface area contributed by atoms with Gasteiger partial charge in [0.1, 0.15) is 12.1 Å². The largest absolute Gasteiger partial charge is 0.387 e. The van der Waals surface area contributed by atoms with Crippen molar-refractivity contribution < 1.29 is 9.90 Å². The highest BCUT2D eigenvalue weighted by Crippen LogP contribution is 2.43. The van der Waals surface area contributed by atoms with Crippen molar-refractivity contribution >= 4 is 11.7 Å². The summed E-state index contributed by atoms with van der Waals surface area (Å²) >= 11 is 0. The van der Waals surface area contributed by atoms with E-state index in [4.69, 9.17) is 0 Å². The predicted molar refractivity (Wildman–Crippen MR) is 131 cm³/mol. The van der Waals surface area contributed by atoms with E-state index in [1.807, 2.05) is 0 Å². The third-order valence-corrected chi connectivity index (χ3v) is 8.28. The smallest absolute Gasteiger partial charge is 0.231 e. The Bertz CT molecular complexity index is 1040. The van der Waals surface area contributed by atoms with Crippen molar-refractivity contribution in [2.24, 2.45) is 0 Å². The lowest BCUT2D eigenvalue weighted by Gasteiger charge is -2.39. The fraction of sp³-hybridized carbons (Fsp3) is 0.593. The Hall–Kier alpha value is -2.51. The number of carbonyl (C=O) groups is 1. The van der Waals surface area contributed by atoms with Crippen LogP contribution in [0.25, 0.3) is 0 Å². The number of amides is 1. The molecule has 2 saturated heterocycles. The Kier molecular flexibility index (Phi) is 5.77. The number of fused-ring (bicyclic) bond motifs is 1. The Balaban J connectivity index is 1.18. The number of aliphatic hydroxyl groups excluding tert-OH is 1. The second-order valence-corrected chi connectivity index (χ2v) is 10.6. The van der Waals surface area contributed by atoms with E-state index in [2.05, 4.69) is 56.3 Å². The Morgan fingerprint density at radius 1 is 1.09 bits per heavy atom. The maximum Gasteiger partial charge on any atom is 0.231 e. The van der Waals surface area contributed by atoms with E-state index >= 15 is 0 Å². The summed E-state index contributed by atoms with van der Waals surface area (Å²) in [5, 5.41) is 13.9. The monoisotopic (exact) mass is 461 g/mol. The fourth-order valence-corrected chi connectivity index (χ4v) is 6.22. The summed E-state index contributed by atoms with van der Waals surface area (Å²) in [7, 11) is 0. The first kappa shape index (κ1) is 22.0. The van der Waals surface area contributed by atoms with Crippen LogP contribution >= 0.6 is 0 Å². The van der Waals surface area contributed by atoms with Gasteiger partial charge in [-0.15, -0.1) is 0 Å². The van der Waals surface area contributed by atoms with E-state index in [1.54, 1.807) is 6.33 Å². The van der Waals surface area contributed by atoms with Crippen LogP contribution in [0.1, 0.15) is 85.3 Å². The van der Waals surface area contributed by atoms with Crippen LogP contribution in [-0.4, -0.2) is 64.6 Å². The first-order valence-corrected chi connectivity index (χ1v) is 13.0. The van der Waals surface area contributed by atoms with Crippen molar-refractivity contribution in [2.75, 3.05) is 37.6 Å². The standard InChI is InChI=1S/C27H35N5O2/c1-17-15-22(33)25-23(17)26(30-16-29-25)31-11-13-32(14-12-31)27(34)24(21-3-2-10-28-21)20-8-6-19(7-9-20)18-4-5-18/h6-9,16-18,21-22,24,28,33H,2-5,10-15H2,1H3/t17-,21?,22-,24?/m1/s1. The maximum absolute atomic E-state index is 13.9. The van der Waals surface area contributed by atoms with Crippen LogP contribution in [0.4, 0.5) is 5.82 Å². The van der Waals surface area contributed by atoms with Crippen LogP contribution in [-0.2, 0) is 4.79 Å². The fourth-order valence-electron chi connectivity index (χ4n) is 6.22. The highest BCUT2D eigenvalue weighted by molar-refractivity contribution is 5.85. The van der Waals surface area contributed by atoms with Gasteiger partial charge in [-0.2, -0.15) is 0 Å². The third-order valence-electron chi connectivity index (χ3n) is 8.28. The van der Waals surface area contributed by atoms with Crippen molar-refractivity contribution in [2.45, 2.75) is 68.9 Å². The lowest BCUT2D eigenvalue weighted by atomic mass is 9.88. The number of piperazine rings is 1. The second-order valence-electron chi connectivity index (χ2n) is 10.6. The van der Waals surface area contributed by atoms with Gasteiger partial charge < -0.3 is 20.2 Å². The van der Waals surface area contributed by atoms with Gasteiger partial charge in [0.15, 0.2) is 0 Å². The van der Waals surface area contributed by atoms with Gasteiger partial charge in [0.05, 0.1) is 17.7 Å². The van der Waals surface area contributed by atoms with Crippen molar-refractivity contribution in [3.05, 3.63) is 53.0 Å². The molecule has 180 valence electrons. The van der Waals surface area contributed by atoms with Crippen LogP contribution < -0.4 is 10.2 Å². The number of anilines is 1. The molecule has 1 aromatic carbocycles. The molecule has 1 saturated carbocycles. The van der Waals surface area contributed by atoms with Gasteiger partial charge in [0.25, 0.3) is 0 Å². The summed E-state index contributed by atoms with van der Waals surface area (Å²) < 4.78 is 0. The number of aromatic nitrogens is 2. The zero-order valence-electron chi connectivity index (χ0n) is 20.0. The number of hydrogen-bond acceptors (Lipinski definition) is 6. The lowest BCUT2D eigenvalue weighted by molar-refractivity contribution is -0.133. The summed E-state index contributed by atoms with van der Waals surface area (Å²) in [5.74, 6) is 2.03. The van der Waals surface area contributed by atoms with Gasteiger partial charge in [-0.05, 0) is 61.6 Å². The summed E-state index contributed by atoms with van der Waals surface area (Å²) in [6.07, 6.45) is 6.54. The third kappa shape index (κ3) is 3.99. The molecule has 6 rings (SSSR count). The minimum absolute atomic E-state index is 0.124. The number of hydrogen-bond donors (Lipinski definition) is 2. The van der Waals surface area contributed by atoms with E-state index in [1.165, 1.54) is 18.4 Å². The van der Waals surface area contributed by atoms with Crippen LogP contribution in [0.3, 0.4) is 0 Å². The molecule has 4 aliphatic rings. The maximum atomic E-state index is 13.9. The van der Waals surface area contributed by atoms with Crippen molar-refractivity contribution in [3.8, 4) is 0 Å². The molecular formula is C27H35N5O2. The van der Waals surface area contributed by atoms with E-state index < -0.39 is 6.10 Å². The lowest BCUT2D eigenvalue weighted by Crippen LogP contribution is -2.52. The Labute approximate surface area is 201 Å². The molecule has 4 atom stereocenters. The first-order valence-electron chi connectivity index (χ1n) is 13.0. The highest BCUT2D eigenvalue weighted by atomic mass is 16.3. The Morgan fingerprint density at radius 3 is 2.53 bits per heavy atom. The zero-order valence-corrected chi connectivity index (χ0v) is 20.0. The SMILES string of the molecule is C[C@@H]1C[C@@H](O)c2ncnc(N3CCN(C(=O)C(c4ccc(C5CC5)cc4)C4CCCN4)CC3)c21. The molecule has 3 heterocycles. The van der Waals surface area contributed by atoms with Gasteiger partial charge >= 0.3 is 0 Å². The molecule has 3 fully saturated rings. The molecule has 7 heteroatoms. The molecule has 2 unspecified atom stereocenters. The average Bonchev–Trinajstić information content (AvgIpc) is 3.50. The molecule has 0 spiro atoms. The molecule has 2 aromatic rings. The Morgan fingerprint density at radius 2 is 1.85 bits per heavy atom. The van der Waals surface area contributed by atoms with Gasteiger partial charge in [-0.3, -0.25) is 4.79 Å². The number of benzene rings is 1. The molecule has 2 aliphatic heterocycles. The number of rotatable bonds is 5. The molecule has 1 aromatic heterocycles. The summed E-state index contributed by atoms with van der Waals surface area (Å²) in [6, 6.07) is 9.09. The summed E-state index contributed by atoms with van der Waals surface area (Å²) in [6.45, 7) is 6.02. The predicted octanol–water partition coefficient (Wildman–Crippen LogP) is 3.08. The van der Waals surface area contributed by atoms with Crippen LogP contribution in [0.15, 0.2) is 30.6 Å². The van der Waals surface area contributed by atoms with Gasteiger partial charge in [0.2, 0.25) is 5.91 Å². The molecule has 0 radical (unpaired) electrons. The molecule has 34 heavy (non-hydrogen) atoms. The minimum Gasteiger partial charge on any atom is -0.387 e. The first-order chi connectivity index (χ1) is 16.6. The van der Waals surface area contributed by atoms with Crippen molar-refractivity contribution in [1.82, 2.24) is 20.2 Å². The number of nitrogens with zero attached hydrogens (tertiary/aromatic N) is 4. The normalized spacial score (nSPS) is 27.6. The van der Waals surface area contributed by atoms with Crippen LogP contribution in [0, 0.1) is 0 Å². The van der Waals surface area contributed by atoms with Gasteiger partial charge in [-0.25, -0.2) is 9.97 Å². The molecule has 7 nitrogen and oxygen atoms in total. The minimum atomic E-state index is -0.499. The van der Waals surface area contributed by atoms with Crippen LogP contribution in [0.5, 0.6) is 0 Å². The molecule has 1 amide bonds. The van der Waals surface area contributed by atoms with Crippen molar-refractivity contribution in [3.63, 3.8) is 0 Å². The average molecular weight is 462 g/mol. The van der Waals surface area contributed by atoms with Gasteiger partial charge in [0, 0.05) is 37.8 Å². The molecule has 0 bridgehead atoms. The van der Waals surface area contributed by atoms with Crippen LogP contribution in [0.2, 0.25) is 0 Å². The van der Waals surface area contributed by atoms with E-state index in [9.17, 15) is 9.90 Å². The highest BCUT2D eigenvalue weighted by Gasteiger charge is 2.38. The van der Waals surface area contributed by atoms with E-state index in [0.29, 0.717) is 19.5 Å². The number of carbonyl (C=O) groups excluding carboxylic acids is 1. The van der Waals surface area contributed by atoms with Gasteiger partial charge in [-0.1, -0.05) is 31.2 Å². The molecular weight excluding hydrogens is 426 g/mol. The quantitative estimate of drug-likeness (QED) is 0.712. The molecule has 2 N–H and O–H groups in total. The van der Waals surface area contributed by atoms with E-state index in [0.717, 1.165) is 61.0 Å². The number of aliphatic hydroxyl groups is 1. The topological polar surface area (TPSA) is 81.6 Å². The van der Waals surface area contributed by atoms with E-state index in [-0.39, 0.29) is 23.8 Å².